The van der Waals surface area contributed by atoms with Crippen LogP contribution in [0.4, 0.5) is 0 Å². The summed E-state index contributed by atoms with van der Waals surface area (Å²) in [4.78, 5) is 21.5. The van der Waals surface area contributed by atoms with Crippen molar-refractivity contribution >= 4 is 11.7 Å². The molecule has 0 aliphatic rings. The highest BCUT2D eigenvalue weighted by atomic mass is 16.4. The number of ketones is 1. The molecular formula is C9H14N2O4. The molecule has 0 heterocycles. The van der Waals surface area contributed by atoms with E-state index in [0.29, 0.717) is 0 Å². The molecule has 2 unspecified atom stereocenters. The smallest absolute Gasteiger partial charge is 0.245 e. The molecule has 15 heavy (non-hydrogen) atoms. The second-order valence-corrected chi connectivity index (χ2v) is 2.65. The largest absolute Gasteiger partial charge is 0.374 e. The first-order valence-electron chi connectivity index (χ1n) is 4.19. The third-order valence-corrected chi connectivity index (χ3v) is 1.49. The number of hydrogen-bond donors (Lipinski definition) is 4. The Labute approximate surface area is 87.3 Å². The predicted molar refractivity (Wildman–Crippen MR) is 53.6 cm³/mol. The number of nitrogens with one attached hydrogen (secondary N) is 2. The fourth-order valence-corrected chi connectivity index (χ4v) is 0.673. The minimum Gasteiger partial charge on any atom is -0.374 e. The van der Waals surface area contributed by atoms with Gasteiger partial charge in [-0.05, 0) is 12.2 Å². The molecule has 0 aromatic carbocycles. The van der Waals surface area contributed by atoms with Gasteiger partial charge in [0.2, 0.25) is 5.91 Å². The number of hydrogen-bond acceptors (Lipinski definition) is 5. The molecule has 0 radical (unpaired) electrons. The first-order valence-corrected chi connectivity index (χ1v) is 4.19. The Balaban J connectivity index is 3.92. The van der Waals surface area contributed by atoms with Crippen LogP contribution in [0.25, 0.3) is 0 Å². The summed E-state index contributed by atoms with van der Waals surface area (Å²) in [6, 6.07) is 0. The lowest BCUT2D eigenvalue weighted by Crippen LogP contribution is -2.50. The molecule has 6 heteroatoms. The normalized spacial score (nSPS) is 13.7. The lowest BCUT2D eigenvalue weighted by molar-refractivity contribution is -0.123. The van der Waals surface area contributed by atoms with Gasteiger partial charge < -0.3 is 15.5 Å². The van der Waals surface area contributed by atoms with Gasteiger partial charge in [-0.15, -0.1) is 0 Å². The minimum absolute atomic E-state index is 0.175. The zero-order valence-electron chi connectivity index (χ0n) is 8.14. The van der Waals surface area contributed by atoms with Crippen LogP contribution in [0, 0.1) is 0 Å². The molecule has 0 spiro atoms. The lowest BCUT2D eigenvalue weighted by Gasteiger charge is -2.18. The van der Waals surface area contributed by atoms with Gasteiger partial charge in [0, 0.05) is 0 Å². The van der Waals surface area contributed by atoms with E-state index in [-0.39, 0.29) is 12.3 Å². The highest BCUT2D eigenvalue weighted by Crippen LogP contribution is 1.86. The molecule has 0 saturated carbocycles. The summed E-state index contributed by atoms with van der Waals surface area (Å²) < 4.78 is 0. The van der Waals surface area contributed by atoms with Gasteiger partial charge in [-0.1, -0.05) is 13.2 Å². The van der Waals surface area contributed by atoms with Crippen molar-refractivity contribution in [3.05, 3.63) is 25.3 Å². The van der Waals surface area contributed by atoms with Crippen LogP contribution in [-0.4, -0.2) is 40.9 Å². The third kappa shape index (κ3) is 5.74. The third-order valence-electron chi connectivity index (χ3n) is 1.49. The van der Waals surface area contributed by atoms with Crippen molar-refractivity contribution < 1.29 is 19.8 Å². The topological polar surface area (TPSA) is 98.7 Å². The second kappa shape index (κ2) is 6.88. The molecular weight excluding hydrogens is 200 g/mol. The van der Waals surface area contributed by atoms with Gasteiger partial charge in [0.05, 0.1) is 6.54 Å². The first-order chi connectivity index (χ1) is 7.01. The number of amides is 1. The van der Waals surface area contributed by atoms with E-state index in [2.05, 4.69) is 18.5 Å². The SMILES string of the molecule is C=CC(=O)CNC(O)C(O)NC(=O)C=C. The van der Waals surface area contributed by atoms with Crippen LogP contribution in [0.2, 0.25) is 0 Å². The Kier molecular flexibility index (Phi) is 6.19. The molecule has 6 nitrogen and oxygen atoms in total. The van der Waals surface area contributed by atoms with E-state index in [1.807, 2.05) is 5.32 Å². The molecule has 0 aliphatic carbocycles. The Morgan fingerprint density at radius 3 is 2.27 bits per heavy atom. The number of carbonyl (C=O) groups excluding carboxylic acids is 2. The second-order valence-electron chi connectivity index (χ2n) is 2.65. The van der Waals surface area contributed by atoms with Crippen molar-refractivity contribution in [3.8, 4) is 0 Å². The molecule has 0 rings (SSSR count). The van der Waals surface area contributed by atoms with Crippen LogP contribution >= 0.6 is 0 Å². The Hall–Kier alpha value is -1.50. The summed E-state index contributed by atoms with van der Waals surface area (Å²) in [7, 11) is 0. The standard InChI is InChI=1S/C9H14N2O4/c1-3-6(12)5-10-8(14)9(15)11-7(13)4-2/h3-4,8-10,14-15H,1-2,5H2,(H,11,13). The van der Waals surface area contributed by atoms with Crippen molar-refractivity contribution in [2.75, 3.05) is 6.54 Å². The molecule has 0 saturated heterocycles. The van der Waals surface area contributed by atoms with Gasteiger partial charge in [0.15, 0.2) is 12.0 Å². The Morgan fingerprint density at radius 2 is 1.80 bits per heavy atom. The quantitative estimate of drug-likeness (QED) is 0.298. The predicted octanol–water partition coefficient (Wildman–Crippen LogP) is -1.73. The lowest BCUT2D eigenvalue weighted by atomic mass is 10.3. The van der Waals surface area contributed by atoms with Crippen molar-refractivity contribution in [2.45, 2.75) is 12.5 Å². The summed E-state index contributed by atoms with van der Waals surface area (Å²) in [6.07, 6.45) is -0.912. The van der Waals surface area contributed by atoms with E-state index < -0.39 is 18.4 Å². The molecule has 1 amide bonds. The molecule has 0 aromatic rings. The summed E-state index contributed by atoms with van der Waals surface area (Å²) in [5.41, 5.74) is 0. The van der Waals surface area contributed by atoms with Crippen molar-refractivity contribution in [3.63, 3.8) is 0 Å². The van der Waals surface area contributed by atoms with E-state index >= 15 is 0 Å². The molecule has 0 bridgehead atoms. The van der Waals surface area contributed by atoms with E-state index in [4.69, 9.17) is 0 Å². The zero-order chi connectivity index (χ0) is 11.8. The van der Waals surface area contributed by atoms with Crippen LogP contribution < -0.4 is 10.6 Å². The average molecular weight is 214 g/mol. The van der Waals surface area contributed by atoms with Gasteiger partial charge in [-0.2, -0.15) is 0 Å². The van der Waals surface area contributed by atoms with Gasteiger partial charge in [-0.25, -0.2) is 0 Å². The summed E-state index contributed by atoms with van der Waals surface area (Å²) in [5.74, 6) is -0.963. The maximum Gasteiger partial charge on any atom is 0.245 e. The van der Waals surface area contributed by atoms with Gasteiger partial charge in [0.1, 0.15) is 6.23 Å². The van der Waals surface area contributed by atoms with Crippen molar-refractivity contribution in [1.82, 2.24) is 10.6 Å². The van der Waals surface area contributed by atoms with E-state index in [1.54, 1.807) is 0 Å². The number of carbonyl (C=O) groups is 2. The summed E-state index contributed by atoms with van der Waals surface area (Å²) in [5, 5.41) is 22.7. The van der Waals surface area contributed by atoms with Gasteiger partial charge >= 0.3 is 0 Å². The molecule has 0 aromatic heterocycles. The van der Waals surface area contributed by atoms with E-state index in [0.717, 1.165) is 12.2 Å². The molecule has 4 N–H and O–H groups in total. The Bertz CT molecular complexity index is 265. The first kappa shape index (κ1) is 13.5. The highest BCUT2D eigenvalue weighted by molar-refractivity contribution is 5.90. The molecule has 84 valence electrons. The van der Waals surface area contributed by atoms with Crippen LogP contribution in [0.3, 0.4) is 0 Å². The van der Waals surface area contributed by atoms with E-state index in [1.165, 1.54) is 0 Å². The fraction of sp³-hybridized carbons (Fsp3) is 0.333. The number of aliphatic hydroxyl groups is 2. The van der Waals surface area contributed by atoms with Crippen molar-refractivity contribution in [1.29, 1.82) is 0 Å². The van der Waals surface area contributed by atoms with Crippen LogP contribution in [0.5, 0.6) is 0 Å². The fourth-order valence-electron chi connectivity index (χ4n) is 0.673. The summed E-state index contributed by atoms with van der Waals surface area (Å²) >= 11 is 0. The minimum atomic E-state index is -1.51. The number of rotatable bonds is 7. The monoisotopic (exact) mass is 214 g/mol. The summed E-state index contributed by atoms with van der Waals surface area (Å²) in [6.45, 7) is 6.22. The Morgan fingerprint density at radius 1 is 1.20 bits per heavy atom. The van der Waals surface area contributed by atoms with E-state index in [9.17, 15) is 19.8 Å². The van der Waals surface area contributed by atoms with Crippen LogP contribution in [0.15, 0.2) is 25.3 Å². The molecule has 2 atom stereocenters. The molecule has 0 aliphatic heterocycles. The van der Waals surface area contributed by atoms with Gasteiger partial charge in [0.25, 0.3) is 0 Å². The van der Waals surface area contributed by atoms with Crippen LogP contribution in [-0.2, 0) is 9.59 Å². The van der Waals surface area contributed by atoms with Crippen LogP contribution in [0.1, 0.15) is 0 Å². The highest BCUT2D eigenvalue weighted by Gasteiger charge is 2.16. The average Bonchev–Trinajstić information content (AvgIpc) is 2.24. The zero-order valence-corrected chi connectivity index (χ0v) is 8.14. The van der Waals surface area contributed by atoms with Gasteiger partial charge in [-0.3, -0.25) is 14.9 Å². The van der Waals surface area contributed by atoms with Crippen molar-refractivity contribution in [2.24, 2.45) is 0 Å². The number of aliphatic hydroxyl groups excluding tert-OH is 2. The molecule has 0 fully saturated rings. The maximum atomic E-state index is 10.7. The maximum absolute atomic E-state index is 10.7.